The smallest absolute Gasteiger partial charge is 0.346 e. The SMILES string of the molecule is O=C(NC1CCCCCCCCCCC1)C(F)(F)F. The van der Waals surface area contributed by atoms with Crippen LogP contribution in [0.1, 0.15) is 70.6 Å². The number of halogens is 3. The fourth-order valence-corrected chi connectivity index (χ4v) is 2.57. The highest BCUT2D eigenvalue weighted by Crippen LogP contribution is 2.19. The Bertz CT molecular complexity index is 254. The molecule has 19 heavy (non-hydrogen) atoms. The third-order valence-corrected chi connectivity index (χ3v) is 3.70. The van der Waals surface area contributed by atoms with E-state index in [1.54, 1.807) is 0 Å². The Kier molecular flexibility index (Phi) is 7.24. The van der Waals surface area contributed by atoms with Gasteiger partial charge in [-0.25, -0.2) is 0 Å². The Balaban J connectivity index is 2.40. The van der Waals surface area contributed by atoms with Gasteiger partial charge < -0.3 is 5.32 Å². The molecule has 5 heteroatoms. The molecular formula is C14H24F3NO. The average molecular weight is 279 g/mol. The van der Waals surface area contributed by atoms with Crippen molar-refractivity contribution < 1.29 is 18.0 Å². The standard InChI is InChI=1S/C14H24F3NO/c15-14(16,17)13(19)18-12-10-8-6-4-2-1-3-5-7-9-11-12/h12H,1-11H2,(H,18,19). The molecule has 0 heterocycles. The summed E-state index contributed by atoms with van der Waals surface area (Å²) in [4.78, 5) is 11.0. The van der Waals surface area contributed by atoms with Crippen LogP contribution in [0.25, 0.3) is 0 Å². The molecule has 1 rings (SSSR count). The van der Waals surface area contributed by atoms with Crippen molar-refractivity contribution in [2.75, 3.05) is 0 Å². The molecule has 0 atom stereocenters. The first-order valence-corrected chi connectivity index (χ1v) is 7.38. The number of rotatable bonds is 1. The highest BCUT2D eigenvalue weighted by Gasteiger charge is 2.39. The van der Waals surface area contributed by atoms with Gasteiger partial charge in [-0.3, -0.25) is 4.79 Å². The zero-order chi connectivity index (χ0) is 14.1. The number of carbonyl (C=O) groups is 1. The lowest BCUT2D eigenvalue weighted by Crippen LogP contribution is -2.43. The summed E-state index contributed by atoms with van der Waals surface area (Å²) in [5.74, 6) is -1.79. The van der Waals surface area contributed by atoms with Crippen molar-refractivity contribution in [1.82, 2.24) is 5.32 Å². The third-order valence-electron chi connectivity index (χ3n) is 3.70. The molecule has 0 spiro atoms. The minimum absolute atomic E-state index is 0.312. The van der Waals surface area contributed by atoms with E-state index in [1.165, 1.54) is 19.3 Å². The molecule has 1 fully saturated rings. The fourth-order valence-electron chi connectivity index (χ4n) is 2.57. The van der Waals surface area contributed by atoms with E-state index in [0.29, 0.717) is 12.8 Å². The Morgan fingerprint density at radius 3 is 1.53 bits per heavy atom. The van der Waals surface area contributed by atoms with Gasteiger partial charge in [-0.05, 0) is 12.8 Å². The van der Waals surface area contributed by atoms with Crippen molar-refractivity contribution in [3.8, 4) is 0 Å². The predicted octanol–water partition coefficient (Wildman–Crippen LogP) is 4.34. The van der Waals surface area contributed by atoms with Crippen LogP contribution < -0.4 is 5.32 Å². The Morgan fingerprint density at radius 1 is 0.789 bits per heavy atom. The minimum Gasteiger partial charge on any atom is -0.346 e. The van der Waals surface area contributed by atoms with Gasteiger partial charge in [0.25, 0.3) is 0 Å². The molecule has 2 nitrogen and oxygen atoms in total. The molecule has 0 aromatic heterocycles. The van der Waals surface area contributed by atoms with Crippen LogP contribution in [0.3, 0.4) is 0 Å². The van der Waals surface area contributed by atoms with Gasteiger partial charge in [0.15, 0.2) is 0 Å². The van der Waals surface area contributed by atoms with Gasteiger partial charge in [0.2, 0.25) is 0 Å². The van der Waals surface area contributed by atoms with E-state index >= 15 is 0 Å². The molecule has 1 aliphatic rings. The molecule has 1 N–H and O–H groups in total. The van der Waals surface area contributed by atoms with Crippen LogP contribution in [-0.4, -0.2) is 18.1 Å². The summed E-state index contributed by atoms with van der Waals surface area (Å²) in [6, 6.07) is -0.312. The van der Waals surface area contributed by atoms with Crippen LogP contribution in [0.4, 0.5) is 13.2 Å². The maximum Gasteiger partial charge on any atom is 0.471 e. The second-order valence-electron chi connectivity index (χ2n) is 5.43. The molecular weight excluding hydrogens is 255 g/mol. The lowest BCUT2D eigenvalue weighted by Gasteiger charge is -2.20. The van der Waals surface area contributed by atoms with E-state index in [1.807, 2.05) is 0 Å². The van der Waals surface area contributed by atoms with Crippen molar-refractivity contribution in [1.29, 1.82) is 0 Å². The van der Waals surface area contributed by atoms with Crippen molar-refractivity contribution in [2.24, 2.45) is 0 Å². The predicted molar refractivity (Wildman–Crippen MR) is 68.8 cm³/mol. The Morgan fingerprint density at radius 2 is 1.16 bits per heavy atom. The number of nitrogens with one attached hydrogen (secondary N) is 1. The Labute approximate surface area is 113 Å². The molecule has 0 aliphatic heterocycles. The van der Waals surface area contributed by atoms with E-state index in [2.05, 4.69) is 5.32 Å². The maximum absolute atomic E-state index is 12.2. The van der Waals surface area contributed by atoms with Gasteiger partial charge in [-0.2, -0.15) is 13.2 Å². The minimum atomic E-state index is -4.76. The third kappa shape index (κ3) is 7.43. The van der Waals surface area contributed by atoms with Crippen molar-refractivity contribution in [2.45, 2.75) is 82.8 Å². The lowest BCUT2D eigenvalue weighted by atomic mass is 9.98. The zero-order valence-corrected chi connectivity index (χ0v) is 11.4. The summed E-state index contributed by atoms with van der Waals surface area (Å²) in [7, 11) is 0. The van der Waals surface area contributed by atoms with E-state index in [4.69, 9.17) is 0 Å². The maximum atomic E-state index is 12.2. The van der Waals surface area contributed by atoms with E-state index in [0.717, 1.165) is 38.5 Å². The molecule has 112 valence electrons. The van der Waals surface area contributed by atoms with Gasteiger partial charge in [0.05, 0.1) is 0 Å². The number of hydrogen-bond donors (Lipinski definition) is 1. The number of alkyl halides is 3. The topological polar surface area (TPSA) is 29.1 Å². The number of carbonyl (C=O) groups excluding carboxylic acids is 1. The first-order chi connectivity index (χ1) is 9.00. The molecule has 0 bridgehead atoms. The van der Waals surface area contributed by atoms with Crippen LogP contribution in [-0.2, 0) is 4.79 Å². The number of hydrogen-bond acceptors (Lipinski definition) is 1. The van der Waals surface area contributed by atoms with Crippen LogP contribution in [0.5, 0.6) is 0 Å². The highest BCUT2D eigenvalue weighted by atomic mass is 19.4. The van der Waals surface area contributed by atoms with Crippen molar-refractivity contribution in [3.05, 3.63) is 0 Å². The lowest BCUT2D eigenvalue weighted by molar-refractivity contribution is -0.174. The summed E-state index contributed by atoms with van der Waals surface area (Å²) in [5, 5.41) is 2.15. The average Bonchev–Trinajstić information content (AvgIpc) is 2.31. The second-order valence-corrected chi connectivity index (χ2v) is 5.43. The summed E-state index contributed by atoms with van der Waals surface area (Å²) >= 11 is 0. The Hall–Kier alpha value is -0.740. The molecule has 0 unspecified atom stereocenters. The molecule has 1 amide bonds. The first kappa shape index (κ1) is 16.3. The largest absolute Gasteiger partial charge is 0.471 e. The number of amides is 1. The van der Waals surface area contributed by atoms with Gasteiger partial charge in [0, 0.05) is 6.04 Å². The van der Waals surface area contributed by atoms with Crippen LogP contribution in [0.15, 0.2) is 0 Å². The normalized spacial score (nSPS) is 21.2. The van der Waals surface area contributed by atoms with E-state index < -0.39 is 12.1 Å². The molecule has 0 saturated heterocycles. The molecule has 0 aromatic carbocycles. The highest BCUT2D eigenvalue weighted by molar-refractivity contribution is 5.81. The quantitative estimate of drug-likeness (QED) is 0.760. The summed E-state index contributed by atoms with van der Waals surface area (Å²) in [6.45, 7) is 0. The van der Waals surface area contributed by atoms with Crippen LogP contribution in [0.2, 0.25) is 0 Å². The second kappa shape index (κ2) is 8.43. The van der Waals surface area contributed by atoms with Crippen LogP contribution >= 0.6 is 0 Å². The van der Waals surface area contributed by atoms with Crippen molar-refractivity contribution in [3.63, 3.8) is 0 Å². The summed E-state index contributed by atoms with van der Waals surface area (Å²) in [5.41, 5.74) is 0. The van der Waals surface area contributed by atoms with Gasteiger partial charge in [-0.15, -0.1) is 0 Å². The van der Waals surface area contributed by atoms with Gasteiger partial charge >= 0.3 is 12.1 Å². The summed E-state index contributed by atoms with van der Waals surface area (Å²) < 4.78 is 36.7. The molecule has 1 saturated carbocycles. The van der Waals surface area contributed by atoms with Gasteiger partial charge in [0.1, 0.15) is 0 Å². The fraction of sp³-hybridized carbons (Fsp3) is 0.929. The molecule has 1 aliphatic carbocycles. The van der Waals surface area contributed by atoms with E-state index in [9.17, 15) is 18.0 Å². The van der Waals surface area contributed by atoms with Gasteiger partial charge in [-0.1, -0.05) is 57.8 Å². The van der Waals surface area contributed by atoms with E-state index in [-0.39, 0.29) is 6.04 Å². The zero-order valence-electron chi connectivity index (χ0n) is 11.4. The molecule has 0 aromatic rings. The monoisotopic (exact) mass is 279 g/mol. The molecule has 0 radical (unpaired) electrons. The summed E-state index contributed by atoms with van der Waals surface area (Å²) in [6.07, 6.45) is 6.52. The first-order valence-electron chi connectivity index (χ1n) is 7.38. The van der Waals surface area contributed by atoms with Crippen molar-refractivity contribution >= 4 is 5.91 Å². The van der Waals surface area contributed by atoms with Crippen LogP contribution in [0, 0.1) is 0 Å².